The molecule has 216 valence electrons. The fourth-order valence-electron chi connectivity index (χ4n) is 7.79. The summed E-state index contributed by atoms with van der Waals surface area (Å²) in [4.78, 5) is 7.08. The SMILES string of the molecule is CN1C(c2cccc3c2Oc2ccccc2C32c3ccccc3-c3ccccc32)=CC(c2ccccn2)NC1c1ccccc1. The number of nitrogens with one attached hydrogen (secondary N) is 1. The van der Waals surface area contributed by atoms with Crippen LogP contribution in [0.25, 0.3) is 16.8 Å². The van der Waals surface area contributed by atoms with Gasteiger partial charge in [-0.05, 0) is 58.2 Å². The Hall–Kier alpha value is -5.45. The first kappa shape index (κ1) is 26.0. The largest absolute Gasteiger partial charge is 0.456 e. The molecule has 3 heterocycles. The van der Waals surface area contributed by atoms with E-state index in [1.54, 1.807) is 0 Å². The van der Waals surface area contributed by atoms with Gasteiger partial charge in [0.05, 0.1) is 17.2 Å². The van der Waals surface area contributed by atoms with Crippen LogP contribution in [0, 0.1) is 0 Å². The maximum Gasteiger partial charge on any atom is 0.141 e. The molecule has 9 rings (SSSR count). The number of hydrogen-bond acceptors (Lipinski definition) is 4. The minimum Gasteiger partial charge on any atom is -0.456 e. The molecule has 4 nitrogen and oxygen atoms in total. The predicted octanol–water partition coefficient (Wildman–Crippen LogP) is 8.87. The molecule has 1 aliphatic carbocycles. The van der Waals surface area contributed by atoms with Gasteiger partial charge in [-0.25, -0.2) is 0 Å². The van der Waals surface area contributed by atoms with Crippen LogP contribution in [0.2, 0.25) is 0 Å². The fourth-order valence-corrected chi connectivity index (χ4v) is 7.79. The van der Waals surface area contributed by atoms with Crippen LogP contribution in [0.1, 0.15) is 51.3 Å². The second kappa shape index (κ2) is 10.0. The zero-order chi connectivity index (χ0) is 30.0. The third-order valence-electron chi connectivity index (χ3n) is 9.70. The van der Waals surface area contributed by atoms with Crippen LogP contribution in [-0.4, -0.2) is 16.9 Å². The normalized spacial score (nSPS) is 18.7. The van der Waals surface area contributed by atoms with Crippen molar-refractivity contribution in [2.24, 2.45) is 0 Å². The van der Waals surface area contributed by atoms with Gasteiger partial charge in [0, 0.05) is 35.6 Å². The van der Waals surface area contributed by atoms with E-state index < -0.39 is 5.41 Å². The average molecular weight is 582 g/mol. The van der Waals surface area contributed by atoms with Crippen molar-refractivity contribution in [1.29, 1.82) is 0 Å². The molecule has 1 N–H and O–H groups in total. The molecule has 5 aromatic carbocycles. The van der Waals surface area contributed by atoms with E-state index >= 15 is 0 Å². The van der Waals surface area contributed by atoms with Gasteiger partial charge in [0.15, 0.2) is 0 Å². The molecule has 1 spiro atoms. The van der Waals surface area contributed by atoms with Crippen LogP contribution in [0.15, 0.2) is 152 Å². The van der Waals surface area contributed by atoms with Crippen LogP contribution in [0.3, 0.4) is 0 Å². The summed E-state index contributed by atoms with van der Waals surface area (Å²) in [7, 11) is 2.16. The molecule has 1 aromatic heterocycles. The van der Waals surface area contributed by atoms with Crippen LogP contribution >= 0.6 is 0 Å². The van der Waals surface area contributed by atoms with E-state index in [1.807, 2.05) is 12.3 Å². The van der Waals surface area contributed by atoms with Gasteiger partial charge in [-0.2, -0.15) is 0 Å². The molecule has 2 unspecified atom stereocenters. The summed E-state index contributed by atoms with van der Waals surface area (Å²) in [5.41, 5.74) is 11.3. The standard InChI is InChI=1S/C41H31N3O/c1-44-37(26-36(35-23-11-12-25-42-35)43-40(44)27-14-3-2-4-15-27)30-18-13-22-34-39(30)45-38-24-10-9-21-33(38)41(34)31-19-7-5-16-28(31)29-17-6-8-20-32(29)41/h2-26,36,40,43H,1H3. The Morgan fingerprint density at radius 1 is 0.622 bits per heavy atom. The van der Waals surface area contributed by atoms with Crippen LogP contribution < -0.4 is 10.1 Å². The van der Waals surface area contributed by atoms with Crippen molar-refractivity contribution in [2.75, 3.05) is 7.05 Å². The van der Waals surface area contributed by atoms with Gasteiger partial charge < -0.3 is 9.64 Å². The second-order valence-corrected chi connectivity index (χ2v) is 12.0. The van der Waals surface area contributed by atoms with E-state index in [0.717, 1.165) is 34.0 Å². The molecule has 0 amide bonds. The minimum absolute atomic E-state index is 0.0631. The number of rotatable bonds is 3. The van der Waals surface area contributed by atoms with Gasteiger partial charge in [0.25, 0.3) is 0 Å². The number of pyridine rings is 1. The highest BCUT2D eigenvalue weighted by molar-refractivity contribution is 5.89. The first-order valence-electron chi connectivity index (χ1n) is 15.5. The number of hydrogen-bond donors (Lipinski definition) is 1. The molecular weight excluding hydrogens is 550 g/mol. The molecule has 0 radical (unpaired) electrons. The van der Waals surface area contributed by atoms with Gasteiger partial charge in [-0.15, -0.1) is 0 Å². The zero-order valence-electron chi connectivity index (χ0n) is 24.9. The Morgan fingerprint density at radius 3 is 1.98 bits per heavy atom. The van der Waals surface area contributed by atoms with Crippen LogP contribution in [0.4, 0.5) is 0 Å². The highest BCUT2D eigenvalue weighted by Crippen LogP contribution is 2.63. The molecule has 4 heteroatoms. The molecule has 6 aromatic rings. The maximum atomic E-state index is 7.01. The number of aromatic nitrogens is 1. The average Bonchev–Trinajstić information content (AvgIpc) is 3.40. The summed E-state index contributed by atoms with van der Waals surface area (Å²) in [5, 5.41) is 3.85. The second-order valence-electron chi connectivity index (χ2n) is 12.0. The Kier molecular flexibility index (Phi) is 5.80. The van der Waals surface area contributed by atoms with Crippen molar-refractivity contribution in [3.8, 4) is 22.6 Å². The van der Waals surface area contributed by atoms with Crippen molar-refractivity contribution >= 4 is 5.70 Å². The summed E-state index contributed by atoms with van der Waals surface area (Å²) in [6, 6.07) is 49.6. The summed E-state index contributed by atoms with van der Waals surface area (Å²) < 4.78 is 7.01. The summed E-state index contributed by atoms with van der Waals surface area (Å²) in [5.74, 6) is 1.79. The van der Waals surface area contributed by atoms with Crippen molar-refractivity contribution in [3.05, 3.63) is 191 Å². The highest BCUT2D eigenvalue weighted by Gasteiger charge is 2.51. The first-order valence-corrected chi connectivity index (χ1v) is 15.5. The quantitative estimate of drug-likeness (QED) is 0.226. The Balaban J connectivity index is 1.31. The molecule has 3 aliphatic rings. The van der Waals surface area contributed by atoms with Crippen molar-refractivity contribution in [3.63, 3.8) is 0 Å². The Bertz CT molecular complexity index is 2060. The van der Waals surface area contributed by atoms with E-state index in [9.17, 15) is 0 Å². The van der Waals surface area contributed by atoms with Gasteiger partial charge in [0.2, 0.25) is 0 Å². The molecule has 2 aliphatic heterocycles. The molecule has 0 saturated heterocycles. The third kappa shape index (κ3) is 3.73. The van der Waals surface area contributed by atoms with E-state index in [1.165, 1.54) is 33.4 Å². The molecule has 2 atom stereocenters. The van der Waals surface area contributed by atoms with Gasteiger partial charge in [-0.1, -0.05) is 115 Å². The molecule has 0 fully saturated rings. The van der Waals surface area contributed by atoms with Gasteiger partial charge in [0.1, 0.15) is 17.7 Å². The first-order chi connectivity index (χ1) is 22.2. The number of ether oxygens (including phenoxy) is 1. The van der Waals surface area contributed by atoms with Gasteiger partial charge >= 0.3 is 0 Å². The lowest BCUT2D eigenvalue weighted by atomic mass is 9.65. The minimum atomic E-state index is -0.501. The van der Waals surface area contributed by atoms with Crippen molar-refractivity contribution < 1.29 is 4.74 Å². The molecule has 0 saturated carbocycles. The lowest BCUT2D eigenvalue weighted by Gasteiger charge is -2.43. The van der Waals surface area contributed by atoms with Crippen molar-refractivity contribution in [1.82, 2.24) is 15.2 Å². The Morgan fingerprint density at radius 2 is 1.24 bits per heavy atom. The molecular formula is C41H31N3O. The fraction of sp³-hybridized carbons (Fsp3) is 0.0976. The van der Waals surface area contributed by atoms with Crippen molar-refractivity contribution in [2.45, 2.75) is 17.6 Å². The number of nitrogens with zero attached hydrogens (tertiary/aromatic N) is 2. The predicted molar refractivity (Wildman–Crippen MR) is 179 cm³/mol. The monoisotopic (exact) mass is 581 g/mol. The Labute approximate surface area is 263 Å². The molecule has 0 bridgehead atoms. The maximum absolute atomic E-state index is 7.01. The lowest BCUT2D eigenvalue weighted by Crippen LogP contribution is -2.41. The van der Waals surface area contributed by atoms with Gasteiger partial charge in [-0.3, -0.25) is 10.3 Å². The smallest absolute Gasteiger partial charge is 0.141 e. The van der Waals surface area contributed by atoms with E-state index in [4.69, 9.17) is 9.72 Å². The number of benzene rings is 5. The van der Waals surface area contributed by atoms with E-state index in [2.05, 4.69) is 157 Å². The number of fused-ring (bicyclic) bond motifs is 9. The molecule has 45 heavy (non-hydrogen) atoms. The summed E-state index contributed by atoms with van der Waals surface area (Å²) >= 11 is 0. The van der Waals surface area contributed by atoms with E-state index in [-0.39, 0.29) is 12.2 Å². The number of para-hydroxylation sites is 2. The van der Waals surface area contributed by atoms with Crippen LogP contribution in [0.5, 0.6) is 11.5 Å². The lowest BCUT2D eigenvalue weighted by molar-refractivity contribution is 0.261. The van der Waals surface area contributed by atoms with Crippen LogP contribution in [-0.2, 0) is 5.41 Å². The topological polar surface area (TPSA) is 37.4 Å². The zero-order valence-corrected chi connectivity index (χ0v) is 24.9. The third-order valence-corrected chi connectivity index (χ3v) is 9.70. The van der Waals surface area contributed by atoms with E-state index in [0.29, 0.717) is 0 Å². The summed E-state index contributed by atoms with van der Waals surface area (Å²) in [6.45, 7) is 0. The summed E-state index contributed by atoms with van der Waals surface area (Å²) in [6.07, 6.45) is 4.10. The highest BCUT2D eigenvalue weighted by atomic mass is 16.5.